The molecule has 0 aliphatic carbocycles. The first-order valence-electron chi connectivity index (χ1n) is 3.20. The fourth-order valence-corrected chi connectivity index (χ4v) is 0.857. The maximum atomic E-state index is 12.6. The van der Waals surface area contributed by atoms with Crippen molar-refractivity contribution in [3.63, 3.8) is 0 Å². The average molecular weight is 177 g/mol. The van der Waals surface area contributed by atoms with E-state index in [0.717, 1.165) is 6.07 Å². The summed E-state index contributed by atoms with van der Waals surface area (Å²) in [6.07, 6.45) is -2.95. The monoisotopic (exact) mass is 177 g/mol. The van der Waals surface area contributed by atoms with Crippen LogP contribution in [-0.2, 0) is 0 Å². The van der Waals surface area contributed by atoms with Crippen LogP contribution in [0.25, 0.3) is 0 Å². The maximum Gasteiger partial charge on any atom is 0.284 e. The van der Waals surface area contributed by atoms with Crippen LogP contribution in [0.5, 0.6) is 0 Å². The van der Waals surface area contributed by atoms with Gasteiger partial charge in [-0.15, -0.1) is 0 Å². The number of alkyl halides is 2. The molecular weight excluding hydrogens is 171 g/mol. The zero-order chi connectivity index (χ0) is 9.30. The fraction of sp³-hybridized carbons (Fsp3) is 0.286. The van der Waals surface area contributed by atoms with Gasteiger partial charge in [0.05, 0.1) is 5.56 Å². The number of hydrogen-bond acceptors (Lipinski definition) is 1. The van der Waals surface area contributed by atoms with Gasteiger partial charge in [-0.3, -0.25) is 4.79 Å². The number of aromatic amines is 1. The Bertz CT molecular complexity index is 345. The molecule has 1 aromatic heterocycles. The number of aryl methyl sites for hydroxylation is 1. The second-order valence-electron chi connectivity index (χ2n) is 2.35. The van der Waals surface area contributed by atoms with Crippen molar-refractivity contribution < 1.29 is 13.2 Å². The molecule has 0 atom stereocenters. The number of pyridine rings is 1. The number of halogens is 3. The predicted molar refractivity (Wildman–Crippen MR) is 36.7 cm³/mol. The molecule has 5 heteroatoms. The van der Waals surface area contributed by atoms with E-state index in [0.29, 0.717) is 0 Å². The van der Waals surface area contributed by atoms with Gasteiger partial charge in [-0.2, -0.15) is 0 Å². The van der Waals surface area contributed by atoms with Crippen LogP contribution in [0.15, 0.2) is 10.9 Å². The molecular formula is C7H6F3NO. The molecule has 1 N–H and O–H groups in total. The molecule has 0 bridgehead atoms. The first-order chi connectivity index (χ1) is 5.52. The van der Waals surface area contributed by atoms with Crippen molar-refractivity contribution in [3.05, 3.63) is 33.5 Å². The molecule has 12 heavy (non-hydrogen) atoms. The van der Waals surface area contributed by atoms with Crippen molar-refractivity contribution in [1.29, 1.82) is 0 Å². The number of hydrogen-bond donors (Lipinski definition) is 1. The summed E-state index contributed by atoms with van der Waals surface area (Å²) >= 11 is 0. The van der Waals surface area contributed by atoms with Crippen LogP contribution in [-0.4, -0.2) is 4.98 Å². The Morgan fingerprint density at radius 2 is 2.08 bits per heavy atom. The highest BCUT2D eigenvalue weighted by Gasteiger charge is 2.16. The molecule has 0 fully saturated rings. The Kier molecular flexibility index (Phi) is 2.21. The number of aromatic nitrogens is 1. The minimum atomic E-state index is -2.95. The van der Waals surface area contributed by atoms with E-state index >= 15 is 0 Å². The predicted octanol–water partition coefficient (Wildman–Crippen LogP) is 1.76. The first kappa shape index (κ1) is 8.83. The molecule has 1 heterocycles. The Labute approximate surface area is 66.0 Å². The van der Waals surface area contributed by atoms with E-state index in [1.165, 1.54) is 6.92 Å². The van der Waals surface area contributed by atoms with Crippen LogP contribution in [0.4, 0.5) is 13.2 Å². The van der Waals surface area contributed by atoms with E-state index in [9.17, 15) is 18.0 Å². The number of nitrogens with one attached hydrogen (secondary N) is 1. The highest BCUT2D eigenvalue weighted by Crippen LogP contribution is 2.19. The summed E-state index contributed by atoms with van der Waals surface area (Å²) in [7, 11) is 0. The lowest BCUT2D eigenvalue weighted by molar-refractivity contribution is 0.145. The van der Waals surface area contributed by atoms with Gasteiger partial charge in [0.15, 0.2) is 5.82 Å². The topological polar surface area (TPSA) is 32.9 Å². The highest BCUT2D eigenvalue weighted by molar-refractivity contribution is 5.18. The van der Waals surface area contributed by atoms with Gasteiger partial charge in [-0.05, 0) is 13.0 Å². The van der Waals surface area contributed by atoms with Crippen LogP contribution in [0.3, 0.4) is 0 Å². The van der Waals surface area contributed by atoms with E-state index in [1.54, 1.807) is 0 Å². The summed E-state index contributed by atoms with van der Waals surface area (Å²) in [6.45, 7) is 1.41. The SMILES string of the molecule is Cc1cc(C(F)F)c(F)c(=O)[nH]1. The summed E-state index contributed by atoms with van der Waals surface area (Å²) in [5.74, 6) is -1.41. The molecule has 0 saturated carbocycles. The summed E-state index contributed by atoms with van der Waals surface area (Å²) in [5.41, 5.74) is -1.74. The molecule has 1 aromatic rings. The second kappa shape index (κ2) is 3.00. The van der Waals surface area contributed by atoms with Crippen LogP contribution in [0, 0.1) is 12.7 Å². The summed E-state index contributed by atoms with van der Waals surface area (Å²) in [4.78, 5) is 12.7. The molecule has 0 radical (unpaired) electrons. The van der Waals surface area contributed by atoms with Crippen LogP contribution in [0.2, 0.25) is 0 Å². The third kappa shape index (κ3) is 1.49. The van der Waals surface area contributed by atoms with E-state index in [2.05, 4.69) is 4.98 Å². The van der Waals surface area contributed by atoms with Crippen molar-refractivity contribution >= 4 is 0 Å². The standard InChI is InChI=1S/C7H6F3NO/c1-3-2-4(6(9)10)5(8)7(12)11-3/h2,6H,1H3,(H,11,12). The Balaban J connectivity index is 3.38. The summed E-state index contributed by atoms with van der Waals surface area (Å²) in [6, 6.07) is 0.918. The second-order valence-corrected chi connectivity index (χ2v) is 2.35. The minimum absolute atomic E-state index is 0.219. The Morgan fingerprint density at radius 1 is 1.50 bits per heavy atom. The van der Waals surface area contributed by atoms with Crippen molar-refractivity contribution in [1.82, 2.24) is 4.98 Å². The smallest absolute Gasteiger partial charge is 0.284 e. The van der Waals surface area contributed by atoms with E-state index in [1.807, 2.05) is 0 Å². The molecule has 0 spiro atoms. The van der Waals surface area contributed by atoms with Crippen LogP contribution in [0.1, 0.15) is 17.7 Å². The lowest BCUT2D eigenvalue weighted by Crippen LogP contribution is -2.14. The Morgan fingerprint density at radius 3 is 2.58 bits per heavy atom. The summed E-state index contributed by atoms with van der Waals surface area (Å²) in [5, 5.41) is 0. The highest BCUT2D eigenvalue weighted by atomic mass is 19.3. The van der Waals surface area contributed by atoms with Gasteiger partial charge in [0.2, 0.25) is 0 Å². The molecule has 0 amide bonds. The van der Waals surface area contributed by atoms with Crippen molar-refractivity contribution in [3.8, 4) is 0 Å². The van der Waals surface area contributed by atoms with Gasteiger partial charge >= 0.3 is 0 Å². The van der Waals surface area contributed by atoms with Gasteiger partial charge in [0.1, 0.15) is 0 Å². The quantitative estimate of drug-likeness (QED) is 0.696. The largest absolute Gasteiger partial charge is 0.324 e. The van der Waals surface area contributed by atoms with Crippen molar-refractivity contribution in [2.24, 2.45) is 0 Å². The molecule has 66 valence electrons. The lowest BCUT2D eigenvalue weighted by atomic mass is 10.2. The van der Waals surface area contributed by atoms with E-state index < -0.39 is 23.4 Å². The number of H-pyrrole nitrogens is 1. The minimum Gasteiger partial charge on any atom is -0.324 e. The zero-order valence-electron chi connectivity index (χ0n) is 6.20. The molecule has 1 rings (SSSR count). The molecule has 0 aliphatic heterocycles. The normalized spacial score (nSPS) is 10.8. The average Bonchev–Trinajstić information content (AvgIpc) is 1.96. The summed E-state index contributed by atoms with van der Waals surface area (Å²) < 4.78 is 36.6. The van der Waals surface area contributed by atoms with Gasteiger partial charge < -0.3 is 4.98 Å². The molecule has 0 unspecified atom stereocenters. The zero-order valence-corrected chi connectivity index (χ0v) is 6.20. The van der Waals surface area contributed by atoms with Gasteiger partial charge in [0, 0.05) is 5.69 Å². The van der Waals surface area contributed by atoms with Crippen molar-refractivity contribution in [2.75, 3.05) is 0 Å². The first-order valence-corrected chi connectivity index (χ1v) is 3.20. The molecule has 0 saturated heterocycles. The van der Waals surface area contributed by atoms with Crippen LogP contribution < -0.4 is 5.56 Å². The van der Waals surface area contributed by atoms with Gasteiger partial charge in [-0.25, -0.2) is 13.2 Å². The Hall–Kier alpha value is -1.26. The lowest BCUT2D eigenvalue weighted by Gasteiger charge is -2.01. The van der Waals surface area contributed by atoms with Gasteiger partial charge in [-0.1, -0.05) is 0 Å². The maximum absolute atomic E-state index is 12.6. The third-order valence-electron chi connectivity index (χ3n) is 1.37. The van der Waals surface area contributed by atoms with Crippen molar-refractivity contribution in [2.45, 2.75) is 13.3 Å². The molecule has 0 aromatic carbocycles. The van der Waals surface area contributed by atoms with E-state index in [4.69, 9.17) is 0 Å². The van der Waals surface area contributed by atoms with Gasteiger partial charge in [0.25, 0.3) is 12.0 Å². The number of rotatable bonds is 1. The van der Waals surface area contributed by atoms with E-state index in [-0.39, 0.29) is 5.69 Å². The van der Waals surface area contributed by atoms with Crippen LogP contribution >= 0.6 is 0 Å². The molecule has 2 nitrogen and oxygen atoms in total. The fourth-order valence-electron chi connectivity index (χ4n) is 0.857. The third-order valence-corrected chi connectivity index (χ3v) is 1.37. The molecule has 0 aliphatic rings.